The first-order valence-electron chi connectivity index (χ1n) is 10.1. The van der Waals surface area contributed by atoms with Gasteiger partial charge in [0.1, 0.15) is 11.5 Å². The largest absolute Gasteiger partial charge is 0.495 e. The summed E-state index contributed by atoms with van der Waals surface area (Å²) < 4.78 is 38.8. The molecule has 7 nitrogen and oxygen atoms in total. The van der Waals surface area contributed by atoms with Gasteiger partial charge in [-0.2, -0.15) is 0 Å². The number of nitrogens with one attached hydrogen (secondary N) is 1. The van der Waals surface area contributed by atoms with E-state index in [1.165, 1.54) is 29.6 Å². The normalized spacial score (nSPS) is 11.0. The molecule has 3 aromatic rings. The van der Waals surface area contributed by atoms with Crippen LogP contribution in [0.2, 0.25) is 0 Å². The van der Waals surface area contributed by atoms with E-state index in [1.54, 1.807) is 37.3 Å². The Hall–Kier alpha value is -3.52. The highest BCUT2D eigenvalue weighted by atomic mass is 32.2. The van der Waals surface area contributed by atoms with Gasteiger partial charge in [0.05, 0.1) is 23.4 Å². The van der Waals surface area contributed by atoms with Gasteiger partial charge in [-0.1, -0.05) is 36.4 Å². The molecule has 1 N–H and O–H groups in total. The first kappa shape index (κ1) is 23.1. The van der Waals surface area contributed by atoms with Crippen LogP contribution in [0, 0.1) is 6.92 Å². The minimum absolute atomic E-state index is 0.0409. The predicted octanol–water partition coefficient (Wildman–Crippen LogP) is 4.24. The van der Waals surface area contributed by atoms with E-state index >= 15 is 0 Å². The zero-order valence-electron chi connectivity index (χ0n) is 18.2. The summed E-state index contributed by atoms with van der Waals surface area (Å²) in [5.74, 6) is 0.514. The van der Waals surface area contributed by atoms with Crippen molar-refractivity contribution in [1.82, 2.24) is 0 Å². The van der Waals surface area contributed by atoms with Gasteiger partial charge in [0.25, 0.3) is 15.9 Å². The summed E-state index contributed by atoms with van der Waals surface area (Å²) in [7, 11) is -2.40. The van der Waals surface area contributed by atoms with E-state index in [9.17, 15) is 13.2 Å². The maximum Gasteiger partial charge on any atom is 0.264 e. The molecule has 0 aliphatic carbocycles. The minimum atomic E-state index is -3.85. The molecule has 0 radical (unpaired) electrons. The lowest BCUT2D eigenvalue weighted by molar-refractivity contribution is -0.118. The molecule has 0 unspecified atom stereocenters. The van der Waals surface area contributed by atoms with Gasteiger partial charge >= 0.3 is 0 Å². The number of ether oxygens (including phenoxy) is 2. The molecular weight excluding hydrogens is 428 g/mol. The molecule has 0 saturated heterocycles. The third kappa shape index (κ3) is 5.20. The Morgan fingerprint density at radius 2 is 1.66 bits per heavy atom. The minimum Gasteiger partial charge on any atom is -0.495 e. The van der Waals surface area contributed by atoms with E-state index in [0.717, 1.165) is 5.56 Å². The molecular formula is C24H26N2O5S. The molecule has 0 fully saturated rings. The molecule has 0 aromatic heterocycles. The number of anilines is 2. The van der Waals surface area contributed by atoms with Crippen LogP contribution in [0.1, 0.15) is 12.5 Å². The molecule has 0 aliphatic rings. The van der Waals surface area contributed by atoms with E-state index in [0.29, 0.717) is 17.2 Å². The smallest absolute Gasteiger partial charge is 0.264 e. The maximum atomic E-state index is 13.3. The number of hydrogen-bond acceptors (Lipinski definition) is 5. The lowest BCUT2D eigenvalue weighted by Crippen LogP contribution is -2.30. The highest BCUT2D eigenvalue weighted by Gasteiger charge is 2.25. The van der Waals surface area contributed by atoms with Crippen LogP contribution in [0.15, 0.2) is 77.7 Å². The Morgan fingerprint density at radius 3 is 2.31 bits per heavy atom. The van der Waals surface area contributed by atoms with Crippen LogP contribution in [0.25, 0.3) is 0 Å². The average Bonchev–Trinajstić information content (AvgIpc) is 2.79. The molecule has 8 heteroatoms. The van der Waals surface area contributed by atoms with Gasteiger partial charge in [0.15, 0.2) is 6.61 Å². The highest BCUT2D eigenvalue weighted by Crippen LogP contribution is 2.30. The zero-order valence-corrected chi connectivity index (χ0v) is 19.1. The van der Waals surface area contributed by atoms with Crippen molar-refractivity contribution in [3.63, 3.8) is 0 Å². The number of para-hydroxylation sites is 2. The molecule has 0 heterocycles. The van der Waals surface area contributed by atoms with Crippen LogP contribution in [0.5, 0.6) is 11.5 Å². The molecule has 1 amide bonds. The lowest BCUT2D eigenvalue weighted by Gasteiger charge is -2.23. The second-order valence-electron chi connectivity index (χ2n) is 6.97. The Labute approximate surface area is 188 Å². The fraction of sp³-hybridized carbons (Fsp3) is 0.208. The van der Waals surface area contributed by atoms with Crippen LogP contribution < -0.4 is 19.1 Å². The summed E-state index contributed by atoms with van der Waals surface area (Å²) in [5, 5.41) is 2.69. The van der Waals surface area contributed by atoms with Crippen LogP contribution in [0.3, 0.4) is 0 Å². The van der Waals surface area contributed by atoms with Crippen molar-refractivity contribution in [2.75, 3.05) is 29.9 Å². The number of nitrogens with zero attached hydrogens (tertiary/aromatic N) is 1. The van der Waals surface area contributed by atoms with E-state index < -0.39 is 15.9 Å². The SMILES string of the molecule is CCN(c1ccccc1)S(=O)(=O)c1ccc(OC)c(NC(=O)COc2ccccc2C)c1. The zero-order chi connectivity index (χ0) is 23.1. The van der Waals surface area contributed by atoms with Gasteiger partial charge in [0.2, 0.25) is 0 Å². The van der Waals surface area contributed by atoms with Crippen molar-refractivity contribution in [3.8, 4) is 11.5 Å². The van der Waals surface area contributed by atoms with Gasteiger partial charge in [-0.05, 0) is 55.8 Å². The van der Waals surface area contributed by atoms with E-state index in [4.69, 9.17) is 9.47 Å². The molecule has 0 spiro atoms. The van der Waals surface area contributed by atoms with Crippen LogP contribution in [-0.2, 0) is 14.8 Å². The van der Waals surface area contributed by atoms with Crippen molar-refractivity contribution in [2.45, 2.75) is 18.7 Å². The summed E-state index contributed by atoms with van der Waals surface area (Å²) in [6.45, 7) is 3.68. The monoisotopic (exact) mass is 454 g/mol. The van der Waals surface area contributed by atoms with E-state index in [-0.39, 0.29) is 23.7 Å². The summed E-state index contributed by atoms with van der Waals surface area (Å²) in [5.41, 5.74) is 1.71. The number of carbonyl (C=O) groups is 1. The predicted molar refractivity (Wildman–Crippen MR) is 125 cm³/mol. The summed E-state index contributed by atoms with van der Waals surface area (Å²) >= 11 is 0. The maximum absolute atomic E-state index is 13.3. The highest BCUT2D eigenvalue weighted by molar-refractivity contribution is 7.92. The lowest BCUT2D eigenvalue weighted by atomic mass is 10.2. The second kappa shape index (κ2) is 10.2. The quantitative estimate of drug-likeness (QED) is 0.523. The number of carbonyl (C=O) groups excluding carboxylic acids is 1. The Kier molecular flexibility index (Phi) is 7.37. The topological polar surface area (TPSA) is 84.9 Å². The molecule has 0 atom stereocenters. The first-order chi connectivity index (χ1) is 15.4. The molecule has 0 saturated carbocycles. The van der Waals surface area contributed by atoms with Crippen molar-refractivity contribution in [1.29, 1.82) is 0 Å². The van der Waals surface area contributed by atoms with Gasteiger partial charge in [0, 0.05) is 6.54 Å². The number of sulfonamides is 1. The number of benzene rings is 3. The average molecular weight is 455 g/mol. The van der Waals surface area contributed by atoms with Gasteiger partial charge < -0.3 is 14.8 Å². The second-order valence-corrected chi connectivity index (χ2v) is 8.83. The molecule has 3 aromatic carbocycles. The number of aryl methyl sites for hydroxylation is 1. The fourth-order valence-electron chi connectivity index (χ4n) is 3.21. The first-order valence-corrected chi connectivity index (χ1v) is 11.5. The molecule has 32 heavy (non-hydrogen) atoms. The Balaban J connectivity index is 1.83. The number of methoxy groups -OCH3 is 1. The molecule has 3 rings (SSSR count). The van der Waals surface area contributed by atoms with E-state index in [2.05, 4.69) is 5.32 Å². The summed E-state index contributed by atoms with van der Waals surface area (Å²) in [4.78, 5) is 12.5. The number of hydrogen-bond donors (Lipinski definition) is 1. The van der Waals surface area contributed by atoms with Crippen molar-refractivity contribution < 1.29 is 22.7 Å². The van der Waals surface area contributed by atoms with Gasteiger partial charge in [-0.15, -0.1) is 0 Å². The molecule has 0 aliphatic heterocycles. The van der Waals surface area contributed by atoms with Crippen molar-refractivity contribution in [2.24, 2.45) is 0 Å². The van der Waals surface area contributed by atoms with E-state index in [1.807, 2.05) is 31.2 Å². The van der Waals surface area contributed by atoms with Crippen molar-refractivity contribution >= 4 is 27.3 Å². The number of rotatable bonds is 9. The third-order valence-electron chi connectivity index (χ3n) is 4.82. The number of amides is 1. The Morgan fingerprint density at radius 1 is 0.969 bits per heavy atom. The van der Waals surface area contributed by atoms with Crippen LogP contribution in [0.4, 0.5) is 11.4 Å². The fourth-order valence-corrected chi connectivity index (χ4v) is 4.71. The van der Waals surface area contributed by atoms with Crippen LogP contribution in [-0.4, -0.2) is 34.6 Å². The third-order valence-corrected chi connectivity index (χ3v) is 6.72. The Bertz CT molecular complexity index is 1180. The van der Waals surface area contributed by atoms with Gasteiger partial charge in [-0.25, -0.2) is 8.42 Å². The summed E-state index contributed by atoms with van der Waals surface area (Å²) in [6, 6.07) is 20.6. The standard InChI is InChI=1S/C24H26N2O5S/c1-4-26(19-11-6-5-7-12-19)32(28,29)20-14-15-23(30-3)21(16-20)25-24(27)17-31-22-13-9-8-10-18(22)2/h5-16H,4,17H2,1-3H3,(H,25,27). The van der Waals surface area contributed by atoms with Gasteiger partial charge in [-0.3, -0.25) is 9.10 Å². The van der Waals surface area contributed by atoms with Crippen LogP contribution >= 0.6 is 0 Å². The van der Waals surface area contributed by atoms with Crippen molar-refractivity contribution in [3.05, 3.63) is 78.4 Å². The summed E-state index contributed by atoms with van der Waals surface area (Å²) in [6.07, 6.45) is 0. The molecule has 168 valence electrons. The molecule has 0 bridgehead atoms.